The summed E-state index contributed by atoms with van der Waals surface area (Å²) < 4.78 is 5.33. The highest BCUT2D eigenvalue weighted by atomic mass is 35.5. The highest BCUT2D eigenvalue weighted by Crippen LogP contribution is 2.26. The van der Waals surface area contributed by atoms with E-state index in [1.165, 1.54) is 0 Å². The molecule has 132 valence electrons. The molecule has 1 aromatic carbocycles. The van der Waals surface area contributed by atoms with Crippen molar-refractivity contribution in [3.63, 3.8) is 0 Å². The molecule has 0 aliphatic carbocycles. The lowest BCUT2D eigenvalue weighted by Crippen LogP contribution is -2.48. The van der Waals surface area contributed by atoms with Crippen LogP contribution in [0.2, 0.25) is 5.02 Å². The second kappa shape index (κ2) is 7.67. The normalized spacial score (nSPS) is 18.5. The smallest absolute Gasteiger partial charge is 0.326 e. The Bertz CT molecular complexity index is 771. The van der Waals surface area contributed by atoms with E-state index in [9.17, 15) is 14.7 Å². The predicted molar refractivity (Wildman–Crippen MR) is 91.5 cm³/mol. The molecule has 8 heteroatoms. The Kier molecular flexibility index (Phi) is 5.35. The first-order valence-electron chi connectivity index (χ1n) is 7.98. The number of rotatable bonds is 5. The van der Waals surface area contributed by atoms with Crippen molar-refractivity contribution < 1.29 is 19.4 Å². The third-order valence-corrected chi connectivity index (χ3v) is 4.52. The maximum Gasteiger partial charge on any atom is 0.326 e. The van der Waals surface area contributed by atoms with Crippen molar-refractivity contribution in [1.29, 1.82) is 0 Å². The van der Waals surface area contributed by atoms with E-state index in [0.29, 0.717) is 35.9 Å². The highest BCUT2D eigenvalue weighted by Gasteiger charge is 2.32. The molecule has 1 amide bonds. The molecule has 1 aromatic heterocycles. The van der Waals surface area contributed by atoms with E-state index < -0.39 is 17.9 Å². The van der Waals surface area contributed by atoms with Crippen LogP contribution in [0.5, 0.6) is 0 Å². The Balaban J connectivity index is 1.74. The van der Waals surface area contributed by atoms with E-state index in [1.54, 1.807) is 24.3 Å². The molecular formula is C17H18ClN3O4. The fourth-order valence-electron chi connectivity index (χ4n) is 2.87. The molecule has 3 N–H and O–H groups in total. The number of benzene rings is 1. The number of aromatic amines is 1. The molecule has 3 rings (SSSR count). The first-order chi connectivity index (χ1) is 12.1. The molecule has 1 aliphatic heterocycles. The molecule has 2 atom stereocenters. The minimum atomic E-state index is -1.07. The van der Waals surface area contributed by atoms with Crippen molar-refractivity contribution >= 4 is 23.5 Å². The summed E-state index contributed by atoms with van der Waals surface area (Å²) in [6, 6.07) is 7.69. The lowest BCUT2D eigenvalue weighted by Gasteiger charge is -2.27. The fraction of sp³-hybridized carbons (Fsp3) is 0.353. The number of carboxylic acids is 1. The number of hydrogen-bond donors (Lipinski definition) is 3. The number of carboxylic acid groups (broad SMARTS) is 1. The van der Waals surface area contributed by atoms with Crippen LogP contribution in [0.25, 0.3) is 11.3 Å². The molecule has 0 spiro atoms. The number of nitrogens with zero attached hydrogens (tertiary/aromatic N) is 1. The van der Waals surface area contributed by atoms with Crippen LogP contribution in [0.4, 0.5) is 0 Å². The van der Waals surface area contributed by atoms with Gasteiger partial charge in [-0.15, -0.1) is 0 Å². The largest absolute Gasteiger partial charge is 0.480 e. The van der Waals surface area contributed by atoms with Crippen molar-refractivity contribution in [3.05, 3.63) is 41.0 Å². The summed E-state index contributed by atoms with van der Waals surface area (Å²) in [7, 11) is 0. The van der Waals surface area contributed by atoms with Crippen molar-refractivity contribution in [1.82, 2.24) is 15.5 Å². The van der Waals surface area contributed by atoms with E-state index in [-0.39, 0.29) is 11.6 Å². The predicted octanol–water partition coefficient (Wildman–Crippen LogP) is 2.34. The second-order valence-corrected chi connectivity index (χ2v) is 6.32. The summed E-state index contributed by atoms with van der Waals surface area (Å²) in [5, 5.41) is 19.2. The van der Waals surface area contributed by atoms with Crippen LogP contribution < -0.4 is 5.32 Å². The fourth-order valence-corrected chi connectivity index (χ4v) is 3.11. The molecule has 7 nitrogen and oxygen atoms in total. The van der Waals surface area contributed by atoms with Crippen LogP contribution in [-0.2, 0) is 9.53 Å². The molecule has 2 aromatic rings. The molecule has 2 heterocycles. The van der Waals surface area contributed by atoms with Crippen molar-refractivity contribution in [3.8, 4) is 11.3 Å². The van der Waals surface area contributed by atoms with Gasteiger partial charge in [0, 0.05) is 18.1 Å². The van der Waals surface area contributed by atoms with Crippen LogP contribution in [-0.4, -0.2) is 46.4 Å². The van der Waals surface area contributed by atoms with Gasteiger partial charge in [0.1, 0.15) is 11.7 Å². The van der Waals surface area contributed by atoms with Crippen molar-refractivity contribution in [2.75, 3.05) is 13.2 Å². The van der Waals surface area contributed by atoms with Crippen LogP contribution in [0.3, 0.4) is 0 Å². The van der Waals surface area contributed by atoms with Gasteiger partial charge in [0.05, 0.1) is 17.3 Å². The van der Waals surface area contributed by atoms with E-state index in [2.05, 4.69) is 15.5 Å². The number of carbonyl (C=O) groups is 2. The van der Waals surface area contributed by atoms with E-state index in [4.69, 9.17) is 16.3 Å². The third kappa shape index (κ3) is 4.00. The summed E-state index contributed by atoms with van der Waals surface area (Å²) in [5.74, 6) is -1.85. The van der Waals surface area contributed by atoms with Gasteiger partial charge >= 0.3 is 5.97 Å². The molecule has 1 fully saturated rings. The first-order valence-corrected chi connectivity index (χ1v) is 8.36. The topological polar surface area (TPSA) is 104 Å². The van der Waals surface area contributed by atoms with Gasteiger partial charge in [0.25, 0.3) is 5.91 Å². The Hall–Kier alpha value is -2.38. The lowest BCUT2D eigenvalue weighted by atomic mass is 9.93. The third-order valence-electron chi connectivity index (χ3n) is 4.19. The quantitative estimate of drug-likeness (QED) is 0.756. The number of H-pyrrole nitrogens is 1. The summed E-state index contributed by atoms with van der Waals surface area (Å²) in [4.78, 5) is 23.9. The number of amides is 1. The number of ether oxygens (including phenoxy) is 1. The monoisotopic (exact) mass is 363 g/mol. The van der Waals surface area contributed by atoms with Crippen molar-refractivity contribution in [2.24, 2.45) is 5.92 Å². The highest BCUT2D eigenvalue weighted by molar-refractivity contribution is 6.33. The van der Waals surface area contributed by atoms with Gasteiger partial charge in [-0.2, -0.15) is 5.10 Å². The van der Waals surface area contributed by atoms with Gasteiger partial charge in [-0.05, 0) is 25.0 Å². The Labute approximate surface area is 149 Å². The van der Waals surface area contributed by atoms with E-state index in [1.807, 2.05) is 6.07 Å². The average Bonchev–Trinajstić information content (AvgIpc) is 3.10. The number of hydrogen-bond acceptors (Lipinski definition) is 4. The summed E-state index contributed by atoms with van der Waals surface area (Å²) in [5.41, 5.74) is 1.39. The summed E-state index contributed by atoms with van der Waals surface area (Å²) in [6.07, 6.45) is 1.48. The molecule has 1 saturated heterocycles. The minimum Gasteiger partial charge on any atom is -0.480 e. The summed E-state index contributed by atoms with van der Waals surface area (Å²) >= 11 is 6.13. The van der Waals surface area contributed by atoms with Crippen LogP contribution in [0.15, 0.2) is 30.3 Å². The molecule has 25 heavy (non-hydrogen) atoms. The molecule has 0 radical (unpaired) electrons. The zero-order valence-electron chi connectivity index (χ0n) is 13.4. The summed E-state index contributed by atoms with van der Waals surface area (Å²) in [6.45, 7) is 0.948. The van der Waals surface area contributed by atoms with Crippen molar-refractivity contribution in [2.45, 2.75) is 18.9 Å². The van der Waals surface area contributed by atoms with E-state index in [0.717, 1.165) is 6.42 Å². The number of halogens is 1. The van der Waals surface area contributed by atoms with Gasteiger partial charge in [-0.25, -0.2) is 4.79 Å². The Morgan fingerprint density at radius 2 is 2.20 bits per heavy atom. The average molecular weight is 364 g/mol. The Morgan fingerprint density at radius 3 is 2.88 bits per heavy atom. The van der Waals surface area contributed by atoms with Crippen LogP contribution >= 0.6 is 11.6 Å². The van der Waals surface area contributed by atoms with Gasteiger partial charge in [-0.3, -0.25) is 9.89 Å². The Morgan fingerprint density at radius 1 is 1.40 bits per heavy atom. The maximum absolute atomic E-state index is 12.4. The standard InChI is InChI=1S/C17H18ClN3O4/c18-12-6-2-1-5-11(12)13-8-14(21-20-13)16(22)19-15(17(23)24)10-4-3-7-25-9-10/h1-2,5-6,8,10,15H,3-4,7,9H2,(H,19,22)(H,20,21)(H,23,24). The number of aromatic nitrogens is 2. The number of nitrogens with one attached hydrogen (secondary N) is 2. The molecular weight excluding hydrogens is 346 g/mol. The molecule has 0 saturated carbocycles. The maximum atomic E-state index is 12.4. The zero-order chi connectivity index (χ0) is 17.8. The SMILES string of the molecule is O=C(NC(C(=O)O)C1CCCOC1)c1cc(-c2ccccc2Cl)n[nH]1. The molecule has 1 aliphatic rings. The molecule has 0 bridgehead atoms. The van der Waals surface area contributed by atoms with E-state index >= 15 is 0 Å². The number of aliphatic carboxylic acids is 1. The van der Waals surface area contributed by atoms with Gasteiger partial charge < -0.3 is 15.2 Å². The van der Waals surface area contributed by atoms with Gasteiger partial charge in [-0.1, -0.05) is 29.8 Å². The van der Waals surface area contributed by atoms with Gasteiger partial charge in [0.2, 0.25) is 0 Å². The van der Waals surface area contributed by atoms with Gasteiger partial charge in [0.15, 0.2) is 0 Å². The van der Waals surface area contributed by atoms with Crippen LogP contribution in [0, 0.1) is 5.92 Å². The zero-order valence-corrected chi connectivity index (χ0v) is 14.1. The second-order valence-electron chi connectivity index (χ2n) is 5.91. The molecule has 2 unspecified atom stereocenters. The number of carbonyl (C=O) groups excluding carboxylic acids is 1. The minimum absolute atomic E-state index is 0.179. The van der Waals surface area contributed by atoms with Crippen LogP contribution in [0.1, 0.15) is 23.3 Å². The first kappa shape index (κ1) is 17.4. The lowest BCUT2D eigenvalue weighted by molar-refractivity contribution is -0.142.